The van der Waals surface area contributed by atoms with Gasteiger partial charge in [-0.15, -0.1) is 0 Å². The molecule has 1 amide bonds. The van der Waals surface area contributed by atoms with Gasteiger partial charge < -0.3 is 24.6 Å². The summed E-state index contributed by atoms with van der Waals surface area (Å²) in [7, 11) is 2.92. The number of aliphatic hydroxyl groups excluding tert-OH is 1. The van der Waals surface area contributed by atoms with Gasteiger partial charge in [-0.1, -0.05) is 23.8 Å². The Kier molecular flexibility index (Phi) is 6.12. The van der Waals surface area contributed by atoms with Crippen molar-refractivity contribution >= 4 is 17.4 Å². The fourth-order valence-electron chi connectivity index (χ4n) is 3.65. The van der Waals surface area contributed by atoms with Crippen molar-refractivity contribution in [3.8, 4) is 11.5 Å². The molecule has 7 heteroatoms. The standard InChI is InChI=1S/C23H25NO6/c1-13-5-6-14(2)16(11-13)21(26)19-20(15-7-8-17(25)18(12-15)30-4)24(9-10-29-3)23(28)22(19)27/h5-8,11-12,20,25-26H,9-10H2,1-4H3/b21-19-. The van der Waals surface area contributed by atoms with E-state index in [1.807, 2.05) is 26.0 Å². The molecule has 0 aliphatic carbocycles. The molecule has 1 heterocycles. The minimum absolute atomic E-state index is 0.00227. The van der Waals surface area contributed by atoms with Crippen LogP contribution in [0, 0.1) is 13.8 Å². The van der Waals surface area contributed by atoms with Crippen LogP contribution in [0.25, 0.3) is 5.76 Å². The molecule has 1 fully saturated rings. The third kappa shape index (κ3) is 3.76. The Bertz CT molecular complexity index is 1030. The summed E-state index contributed by atoms with van der Waals surface area (Å²) >= 11 is 0. The number of ether oxygens (including phenoxy) is 2. The fourth-order valence-corrected chi connectivity index (χ4v) is 3.65. The number of benzene rings is 2. The zero-order valence-electron chi connectivity index (χ0n) is 17.4. The number of hydrogen-bond acceptors (Lipinski definition) is 6. The first kappa shape index (κ1) is 21.4. The Labute approximate surface area is 175 Å². The maximum Gasteiger partial charge on any atom is 0.295 e. The molecular weight excluding hydrogens is 386 g/mol. The Morgan fingerprint density at radius 3 is 2.50 bits per heavy atom. The second kappa shape index (κ2) is 8.59. The molecule has 2 aromatic rings. The number of rotatable bonds is 6. The summed E-state index contributed by atoms with van der Waals surface area (Å²) in [6.45, 7) is 4.10. The van der Waals surface area contributed by atoms with Crippen molar-refractivity contribution in [1.29, 1.82) is 0 Å². The minimum Gasteiger partial charge on any atom is -0.507 e. The molecule has 0 aromatic heterocycles. The fraction of sp³-hybridized carbons (Fsp3) is 0.304. The van der Waals surface area contributed by atoms with Gasteiger partial charge in [0.15, 0.2) is 11.5 Å². The maximum atomic E-state index is 13.0. The summed E-state index contributed by atoms with van der Waals surface area (Å²) in [5.74, 6) is -1.56. The first-order valence-electron chi connectivity index (χ1n) is 9.52. The van der Waals surface area contributed by atoms with Crippen molar-refractivity contribution < 1.29 is 29.3 Å². The molecule has 3 rings (SSSR count). The molecule has 2 aromatic carbocycles. The molecule has 158 valence electrons. The molecule has 30 heavy (non-hydrogen) atoms. The summed E-state index contributed by atoms with van der Waals surface area (Å²) in [6, 6.07) is 9.29. The van der Waals surface area contributed by atoms with Crippen LogP contribution >= 0.6 is 0 Å². The summed E-state index contributed by atoms with van der Waals surface area (Å²) < 4.78 is 10.3. The Morgan fingerprint density at radius 1 is 1.10 bits per heavy atom. The SMILES string of the molecule is COCCN1C(=O)C(=O)/C(=C(\O)c2cc(C)ccc2C)C1c1ccc(O)c(OC)c1. The zero-order chi connectivity index (χ0) is 22.0. The van der Waals surface area contributed by atoms with E-state index >= 15 is 0 Å². The van der Waals surface area contributed by atoms with Gasteiger partial charge in [0.05, 0.1) is 25.3 Å². The third-order valence-corrected chi connectivity index (χ3v) is 5.24. The topological polar surface area (TPSA) is 96.3 Å². The highest BCUT2D eigenvalue weighted by molar-refractivity contribution is 6.46. The lowest BCUT2D eigenvalue weighted by molar-refractivity contribution is -0.140. The molecule has 0 radical (unpaired) electrons. The number of amides is 1. The number of aryl methyl sites for hydroxylation is 2. The van der Waals surface area contributed by atoms with Crippen molar-refractivity contribution in [2.75, 3.05) is 27.4 Å². The monoisotopic (exact) mass is 411 g/mol. The lowest BCUT2D eigenvalue weighted by Gasteiger charge is -2.25. The van der Waals surface area contributed by atoms with Crippen molar-refractivity contribution in [2.24, 2.45) is 0 Å². The molecule has 0 bridgehead atoms. The number of phenolic OH excluding ortho intramolecular Hbond substituents is 1. The molecule has 1 saturated heterocycles. The molecule has 0 saturated carbocycles. The van der Waals surface area contributed by atoms with Crippen LogP contribution in [-0.2, 0) is 14.3 Å². The summed E-state index contributed by atoms with van der Waals surface area (Å²) in [5, 5.41) is 21.1. The number of hydrogen-bond donors (Lipinski definition) is 2. The lowest BCUT2D eigenvalue weighted by atomic mass is 9.93. The van der Waals surface area contributed by atoms with Gasteiger partial charge in [0.1, 0.15) is 5.76 Å². The van der Waals surface area contributed by atoms with E-state index in [0.717, 1.165) is 11.1 Å². The minimum atomic E-state index is -0.838. The maximum absolute atomic E-state index is 13.0. The van der Waals surface area contributed by atoms with E-state index in [4.69, 9.17) is 9.47 Å². The highest BCUT2D eigenvalue weighted by Gasteiger charge is 2.46. The quantitative estimate of drug-likeness (QED) is 0.431. The van der Waals surface area contributed by atoms with Gasteiger partial charge in [-0.25, -0.2) is 0 Å². The first-order chi connectivity index (χ1) is 14.3. The van der Waals surface area contributed by atoms with Gasteiger partial charge in [0.25, 0.3) is 11.7 Å². The number of aromatic hydroxyl groups is 1. The largest absolute Gasteiger partial charge is 0.507 e. The number of Topliss-reactive ketones (excluding diaryl/α,β-unsaturated/α-hetero) is 1. The van der Waals surface area contributed by atoms with Crippen LogP contribution < -0.4 is 4.74 Å². The number of likely N-dealkylation sites (tertiary alicyclic amines) is 1. The number of nitrogens with zero attached hydrogens (tertiary/aromatic N) is 1. The number of aliphatic hydroxyl groups is 1. The Morgan fingerprint density at radius 2 is 1.83 bits per heavy atom. The summed E-state index contributed by atoms with van der Waals surface area (Å²) in [6.07, 6.45) is 0. The number of carbonyl (C=O) groups is 2. The van der Waals surface area contributed by atoms with E-state index < -0.39 is 17.7 Å². The van der Waals surface area contributed by atoms with Crippen molar-refractivity contribution in [3.05, 3.63) is 64.2 Å². The van der Waals surface area contributed by atoms with Gasteiger partial charge in [-0.3, -0.25) is 9.59 Å². The van der Waals surface area contributed by atoms with Crippen LogP contribution in [-0.4, -0.2) is 54.2 Å². The molecular formula is C23H25NO6. The normalized spacial score (nSPS) is 18.1. The van der Waals surface area contributed by atoms with Gasteiger partial charge in [-0.2, -0.15) is 0 Å². The average molecular weight is 411 g/mol. The van der Waals surface area contributed by atoms with Gasteiger partial charge in [0, 0.05) is 19.2 Å². The molecule has 1 unspecified atom stereocenters. The van der Waals surface area contributed by atoms with E-state index in [-0.39, 0.29) is 36.0 Å². The number of ketones is 1. The predicted molar refractivity (Wildman–Crippen MR) is 111 cm³/mol. The molecule has 7 nitrogen and oxygen atoms in total. The summed E-state index contributed by atoms with van der Waals surface area (Å²) in [5.41, 5.74) is 2.72. The van der Waals surface area contributed by atoms with E-state index in [0.29, 0.717) is 11.1 Å². The van der Waals surface area contributed by atoms with E-state index in [2.05, 4.69) is 0 Å². The predicted octanol–water partition coefficient (Wildman–Crippen LogP) is 3.09. The Hall–Kier alpha value is -3.32. The van der Waals surface area contributed by atoms with Crippen LogP contribution in [0.15, 0.2) is 42.0 Å². The lowest BCUT2D eigenvalue weighted by Crippen LogP contribution is -2.32. The first-order valence-corrected chi connectivity index (χ1v) is 9.52. The number of carbonyl (C=O) groups excluding carboxylic acids is 2. The van der Waals surface area contributed by atoms with Crippen molar-refractivity contribution in [1.82, 2.24) is 4.90 Å². The van der Waals surface area contributed by atoms with Gasteiger partial charge in [-0.05, 0) is 43.2 Å². The highest BCUT2D eigenvalue weighted by Crippen LogP contribution is 2.42. The molecule has 0 spiro atoms. The zero-order valence-corrected chi connectivity index (χ0v) is 17.4. The third-order valence-electron chi connectivity index (χ3n) is 5.24. The van der Waals surface area contributed by atoms with Crippen LogP contribution in [0.2, 0.25) is 0 Å². The summed E-state index contributed by atoms with van der Waals surface area (Å²) in [4.78, 5) is 27.1. The van der Waals surface area contributed by atoms with Crippen LogP contribution in [0.1, 0.15) is 28.3 Å². The van der Waals surface area contributed by atoms with Crippen molar-refractivity contribution in [2.45, 2.75) is 19.9 Å². The van der Waals surface area contributed by atoms with Crippen molar-refractivity contribution in [3.63, 3.8) is 0 Å². The second-order valence-corrected chi connectivity index (χ2v) is 7.23. The molecule has 1 aliphatic rings. The second-order valence-electron chi connectivity index (χ2n) is 7.23. The Balaban J connectivity index is 2.24. The molecule has 2 N–H and O–H groups in total. The number of phenols is 1. The van der Waals surface area contributed by atoms with Gasteiger partial charge >= 0.3 is 0 Å². The van der Waals surface area contributed by atoms with E-state index in [1.165, 1.54) is 25.2 Å². The van der Waals surface area contributed by atoms with E-state index in [1.54, 1.807) is 18.2 Å². The molecule has 1 atom stereocenters. The van der Waals surface area contributed by atoms with Crippen LogP contribution in [0.3, 0.4) is 0 Å². The van der Waals surface area contributed by atoms with Gasteiger partial charge in [0.2, 0.25) is 0 Å². The smallest absolute Gasteiger partial charge is 0.295 e. The molecule has 1 aliphatic heterocycles. The van der Waals surface area contributed by atoms with E-state index in [9.17, 15) is 19.8 Å². The highest BCUT2D eigenvalue weighted by atomic mass is 16.5. The van der Waals surface area contributed by atoms with Crippen LogP contribution in [0.4, 0.5) is 0 Å². The average Bonchev–Trinajstić information content (AvgIpc) is 2.98. The van der Waals surface area contributed by atoms with Crippen LogP contribution in [0.5, 0.6) is 11.5 Å². The number of methoxy groups -OCH3 is 2.